The summed E-state index contributed by atoms with van der Waals surface area (Å²) in [6.45, 7) is 3.65. The third kappa shape index (κ3) is 4.20. The van der Waals surface area contributed by atoms with Crippen molar-refractivity contribution in [1.29, 1.82) is 0 Å². The molecule has 1 aromatic carbocycles. The molecule has 100 valence electrons. The molecule has 0 spiro atoms. The molecule has 4 heteroatoms. The third-order valence-corrected chi connectivity index (χ3v) is 2.95. The van der Waals surface area contributed by atoms with Gasteiger partial charge in [-0.1, -0.05) is 25.0 Å². The van der Waals surface area contributed by atoms with Crippen molar-refractivity contribution in [3.8, 4) is 0 Å². The average Bonchev–Trinajstić information content (AvgIpc) is 2.36. The van der Waals surface area contributed by atoms with Gasteiger partial charge in [0.2, 0.25) is 0 Å². The predicted molar refractivity (Wildman–Crippen MR) is 69.7 cm³/mol. The summed E-state index contributed by atoms with van der Waals surface area (Å²) in [6, 6.07) is 3.38. The van der Waals surface area contributed by atoms with Crippen LogP contribution in [0.15, 0.2) is 30.9 Å². The van der Waals surface area contributed by atoms with E-state index in [9.17, 15) is 8.78 Å². The largest absolute Gasteiger partial charge is 0.271 e. The highest BCUT2D eigenvalue weighted by Gasteiger charge is 2.18. The third-order valence-electron chi connectivity index (χ3n) is 2.95. The first-order valence-electron chi connectivity index (χ1n) is 6.21. The predicted octanol–water partition coefficient (Wildman–Crippen LogP) is 3.61. The average molecular weight is 254 g/mol. The van der Waals surface area contributed by atoms with E-state index in [1.165, 1.54) is 18.2 Å². The van der Waals surface area contributed by atoms with Gasteiger partial charge in [0.25, 0.3) is 0 Å². The number of nitrogens with one attached hydrogen (secondary N) is 1. The smallest absolute Gasteiger partial charge is 0.130 e. The van der Waals surface area contributed by atoms with Crippen molar-refractivity contribution in [2.24, 2.45) is 5.84 Å². The van der Waals surface area contributed by atoms with Crippen molar-refractivity contribution >= 4 is 0 Å². The molecule has 0 aromatic heterocycles. The molecule has 0 amide bonds. The zero-order chi connectivity index (χ0) is 13.4. The van der Waals surface area contributed by atoms with Crippen molar-refractivity contribution in [3.63, 3.8) is 0 Å². The zero-order valence-corrected chi connectivity index (χ0v) is 10.5. The molecule has 1 aromatic rings. The van der Waals surface area contributed by atoms with Crippen molar-refractivity contribution in [3.05, 3.63) is 48.1 Å². The minimum absolute atomic E-state index is 0.0312. The highest BCUT2D eigenvalue weighted by Crippen LogP contribution is 2.24. The summed E-state index contributed by atoms with van der Waals surface area (Å²) in [4.78, 5) is 0. The monoisotopic (exact) mass is 254 g/mol. The van der Waals surface area contributed by atoms with Gasteiger partial charge >= 0.3 is 0 Å². The van der Waals surface area contributed by atoms with E-state index in [0.717, 1.165) is 25.7 Å². The second-order valence-corrected chi connectivity index (χ2v) is 4.28. The Bertz CT molecular complexity index is 360. The molecular weight excluding hydrogens is 234 g/mol. The highest BCUT2D eigenvalue weighted by molar-refractivity contribution is 5.23. The van der Waals surface area contributed by atoms with Crippen LogP contribution in [0.25, 0.3) is 0 Å². The number of hydrogen-bond acceptors (Lipinski definition) is 2. The molecule has 0 aliphatic heterocycles. The van der Waals surface area contributed by atoms with Crippen LogP contribution in [-0.4, -0.2) is 0 Å². The quantitative estimate of drug-likeness (QED) is 0.322. The summed E-state index contributed by atoms with van der Waals surface area (Å²) < 4.78 is 27.1. The van der Waals surface area contributed by atoms with Gasteiger partial charge < -0.3 is 0 Å². The van der Waals surface area contributed by atoms with Gasteiger partial charge in [0.05, 0.1) is 6.04 Å². The lowest BCUT2D eigenvalue weighted by atomic mass is 9.99. The fraction of sp³-hybridized carbons (Fsp3) is 0.429. The maximum Gasteiger partial charge on any atom is 0.130 e. The number of unbranched alkanes of at least 4 members (excludes halogenated alkanes) is 3. The van der Waals surface area contributed by atoms with Crippen LogP contribution in [0.1, 0.15) is 43.7 Å². The molecule has 1 atom stereocenters. The molecule has 0 radical (unpaired) electrons. The second kappa shape index (κ2) is 7.95. The lowest BCUT2D eigenvalue weighted by Crippen LogP contribution is -2.29. The summed E-state index contributed by atoms with van der Waals surface area (Å²) in [5, 5.41) is 0. The minimum Gasteiger partial charge on any atom is -0.271 e. The molecule has 18 heavy (non-hydrogen) atoms. The van der Waals surface area contributed by atoms with Crippen LogP contribution in [0.5, 0.6) is 0 Å². The highest BCUT2D eigenvalue weighted by atomic mass is 19.1. The van der Waals surface area contributed by atoms with Gasteiger partial charge in [-0.15, -0.1) is 6.58 Å². The van der Waals surface area contributed by atoms with E-state index in [-0.39, 0.29) is 5.56 Å². The maximum atomic E-state index is 13.6. The topological polar surface area (TPSA) is 38.0 Å². The van der Waals surface area contributed by atoms with Crippen LogP contribution in [-0.2, 0) is 0 Å². The van der Waals surface area contributed by atoms with E-state index in [0.29, 0.717) is 6.42 Å². The Kier molecular flexibility index (Phi) is 6.54. The SMILES string of the molecule is C=CCCCCCC(NN)c1c(F)cccc1F. The fourth-order valence-electron chi connectivity index (χ4n) is 1.97. The Morgan fingerprint density at radius 1 is 1.22 bits per heavy atom. The number of benzene rings is 1. The first-order valence-corrected chi connectivity index (χ1v) is 6.21. The molecule has 0 bridgehead atoms. The molecule has 0 aliphatic rings. The number of nitrogens with two attached hydrogens (primary N) is 1. The Hall–Kier alpha value is -1.26. The Balaban J connectivity index is 2.57. The van der Waals surface area contributed by atoms with Gasteiger partial charge in [-0.2, -0.15) is 0 Å². The summed E-state index contributed by atoms with van der Waals surface area (Å²) in [6.07, 6.45) is 6.37. The Morgan fingerprint density at radius 3 is 2.44 bits per heavy atom. The lowest BCUT2D eigenvalue weighted by molar-refractivity contribution is 0.437. The van der Waals surface area contributed by atoms with Crippen molar-refractivity contribution in [2.45, 2.75) is 38.1 Å². The van der Waals surface area contributed by atoms with Gasteiger partial charge in [-0.05, 0) is 31.4 Å². The van der Waals surface area contributed by atoms with E-state index in [2.05, 4.69) is 12.0 Å². The number of halogens is 2. The van der Waals surface area contributed by atoms with E-state index < -0.39 is 17.7 Å². The van der Waals surface area contributed by atoms with Crippen LogP contribution in [0, 0.1) is 11.6 Å². The van der Waals surface area contributed by atoms with Crippen molar-refractivity contribution < 1.29 is 8.78 Å². The van der Waals surface area contributed by atoms with E-state index >= 15 is 0 Å². The molecule has 0 fully saturated rings. The van der Waals surface area contributed by atoms with E-state index in [1.807, 2.05) is 6.08 Å². The van der Waals surface area contributed by atoms with Gasteiger partial charge in [0, 0.05) is 5.56 Å². The molecule has 1 unspecified atom stereocenters. The van der Waals surface area contributed by atoms with Crippen LogP contribution in [0.2, 0.25) is 0 Å². The Morgan fingerprint density at radius 2 is 1.89 bits per heavy atom. The van der Waals surface area contributed by atoms with Crippen LogP contribution < -0.4 is 11.3 Å². The summed E-state index contributed by atoms with van der Waals surface area (Å²) in [5.74, 6) is 4.28. The van der Waals surface area contributed by atoms with Crippen LogP contribution in [0.4, 0.5) is 8.78 Å². The molecular formula is C14H20F2N2. The molecule has 2 nitrogen and oxygen atoms in total. The number of allylic oxidation sites excluding steroid dienone is 1. The Labute approximate surface area is 107 Å². The summed E-state index contributed by atoms with van der Waals surface area (Å²) in [5.41, 5.74) is 2.52. The van der Waals surface area contributed by atoms with Crippen LogP contribution >= 0.6 is 0 Å². The van der Waals surface area contributed by atoms with Crippen molar-refractivity contribution in [2.75, 3.05) is 0 Å². The number of rotatable bonds is 8. The fourth-order valence-corrected chi connectivity index (χ4v) is 1.97. The molecule has 3 N–H and O–H groups in total. The van der Waals surface area contributed by atoms with Crippen molar-refractivity contribution in [1.82, 2.24) is 5.43 Å². The summed E-state index contributed by atoms with van der Waals surface area (Å²) in [7, 11) is 0. The maximum absolute atomic E-state index is 13.6. The molecule has 0 heterocycles. The molecule has 0 saturated heterocycles. The van der Waals surface area contributed by atoms with Gasteiger partial charge in [0.1, 0.15) is 11.6 Å². The molecule has 0 saturated carbocycles. The van der Waals surface area contributed by atoms with E-state index in [1.54, 1.807) is 0 Å². The minimum atomic E-state index is -0.552. The normalized spacial score (nSPS) is 12.4. The van der Waals surface area contributed by atoms with E-state index in [4.69, 9.17) is 5.84 Å². The first kappa shape index (κ1) is 14.8. The van der Waals surface area contributed by atoms with Gasteiger partial charge in [-0.3, -0.25) is 11.3 Å². The van der Waals surface area contributed by atoms with Crippen LogP contribution in [0.3, 0.4) is 0 Å². The molecule has 1 rings (SSSR count). The molecule has 0 aliphatic carbocycles. The van der Waals surface area contributed by atoms with Gasteiger partial charge in [0.15, 0.2) is 0 Å². The number of hydrogen-bond donors (Lipinski definition) is 2. The zero-order valence-electron chi connectivity index (χ0n) is 10.5. The second-order valence-electron chi connectivity index (χ2n) is 4.28. The van der Waals surface area contributed by atoms with Gasteiger partial charge in [-0.25, -0.2) is 8.78 Å². The summed E-state index contributed by atoms with van der Waals surface area (Å²) >= 11 is 0. The first-order chi connectivity index (χ1) is 8.70. The number of hydrazine groups is 1. The lowest BCUT2D eigenvalue weighted by Gasteiger charge is -2.17. The standard InChI is InChI=1S/C14H20F2N2/c1-2-3-4-5-6-10-13(18-17)14-11(15)8-7-9-12(14)16/h2,7-9,13,18H,1,3-6,10,17H2.